The van der Waals surface area contributed by atoms with Crippen molar-refractivity contribution in [2.75, 3.05) is 11.9 Å². The number of hydrogen-bond donors (Lipinski definition) is 1. The Morgan fingerprint density at radius 2 is 2.00 bits per heavy atom. The molecular formula is C21H16N6O2. The van der Waals surface area contributed by atoms with Gasteiger partial charge in [-0.25, -0.2) is 9.67 Å². The number of non-ortho nitro benzene ring substituents is 1. The van der Waals surface area contributed by atoms with Crippen molar-refractivity contribution in [3.8, 4) is 11.8 Å². The Balaban J connectivity index is 1.47. The van der Waals surface area contributed by atoms with Crippen LogP contribution in [0.25, 0.3) is 16.6 Å². The zero-order valence-corrected chi connectivity index (χ0v) is 15.3. The van der Waals surface area contributed by atoms with Crippen LogP contribution in [0.3, 0.4) is 0 Å². The highest BCUT2D eigenvalue weighted by atomic mass is 16.6. The van der Waals surface area contributed by atoms with Gasteiger partial charge < -0.3 is 5.32 Å². The predicted octanol–water partition coefficient (Wildman–Crippen LogP) is 3.85. The van der Waals surface area contributed by atoms with Crippen LogP contribution in [-0.2, 0) is 6.42 Å². The van der Waals surface area contributed by atoms with Crippen molar-refractivity contribution in [3.63, 3.8) is 0 Å². The zero-order chi connectivity index (χ0) is 20.2. The summed E-state index contributed by atoms with van der Waals surface area (Å²) in [6.07, 6.45) is 4.53. The van der Waals surface area contributed by atoms with E-state index in [1.807, 2.05) is 47.4 Å². The van der Waals surface area contributed by atoms with Gasteiger partial charge in [0.05, 0.1) is 34.0 Å². The lowest BCUT2D eigenvalue weighted by atomic mass is 10.1. The number of fused-ring (bicyclic) bond motifs is 1. The van der Waals surface area contributed by atoms with Crippen LogP contribution in [0.1, 0.15) is 11.1 Å². The minimum absolute atomic E-state index is 0.0630. The number of nitrogens with zero attached hydrogens (tertiary/aromatic N) is 5. The van der Waals surface area contributed by atoms with E-state index in [1.54, 1.807) is 12.1 Å². The lowest BCUT2D eigenvalue weighted by Crippen LogP contribution is -2.06. The van der Waals surface area contributed by atoms with Crippen molar-refractivity contribution < 1.29 is 4.92 Å². The van der Waals surface area contributed by atoms with Gasteiger partial charge in [0.1, 0.15) is 5.82 Å². The summed E-state index contributed by atoms with van der Waals surface area (Å²) in [6, 6.07) is 17.9. The van der Waals surface area contributed by atoms with E-state index in [0.29, 0.717) is 28.8 Å². The van der Waals surface area contributed by atoms with Gasteiger partial charge in [0.2, 0.25) is 0 Å². The second kappa shape index (κ2) is 7.78. The van der Waals surface area contributed by atoms with Crippen LogP contribution >= 0.6 is 0 Å². The smallest absolute Gasteiger partial charge is 0.270 e. The highest BCUT2D eigenvalue weighted by Crippen LogP contribution is 2.25. The summed E-state index contributed by atoms with van der Waals surface area (Å²) < 4.78 is 1.82. The third-order valence-electron chi connectivity index (χ3n) is 4.50. The molecule has 2 aromatic carbocycles. The van der Waals surface area contributed by atoms with Crippen LogP contribution in [0.15, 0.2) is 67.0 Å². The number of nitriles is 1. The molecule has 0 aliphatic rings. The summed E-state index contributed by atoms with van der Waals surface area (Å²) in [7, 11) is 0. The largest absolute Gasteiger partial charge is 0.370 e. The number of aromatic nitrogens is 3. The van der Waals surface area contributed by atoms with Crippen LogP contribution in [0, 0.1) is 21.4 Å². The number of anilines is 1. The van der Waals surface area contributed by atoms with Crippen molar-refractivity contribution in [2.45, 2.75) is 6.42 Å². The second-order valence-electron chi connectivity index (χ2n) is 6.43. The second-order valence-corrected chi connectivity index (χ2v) is 6.43. The van der Waals surface area contributed by atoms with Crippen LogP contribution in [0.4, 0.5) is 11.5 Å². The molecule has 8 heteroatoms. The molecule has 4 rings (SSSR count). The van der Waals surface area contributed by atoms with Gasteiger partial charge in [0.15, 0.2) is 0 Å². The van der Waals surface area contributed by atoms with Crippen molar-refractivity contribution in [1.82, 2.24) is 14.8 Å². The quantitative estimate of drug-likeness (QED) is 0.399. The number of nitrogens with one attached hydrogen (secondary N) is 1. The maximum Gasteiger partial charge on any atom is 0.270 e. The minimum Gasteiger partial charge on any atom is -0.370 e. The molecule has 0 amide bonds. The first kappa shape index (κ1) is 18.1. The molecule has 0 fully saturated rings. The van der Waals surface area contributed by atoms with Crippen molar-refractivity contribution in [1.29, 1.82) is 5.26 Å². The first-order valence-corrected chi connectivity index (χ1v) is 8.96. The topological polar surface area (TPSA) is 110 Å². The molecule has 0 aliphatic carbocycles. The molecule has 8 nitrogen and oxygen atoms in total. The fourth-order valence-electron chi connectivity index (χ4n) is 3.06. The third kappa shape index (κ3) is 3.89. The Bertz CT molecular complexity index is 1230. The fourth-order valence-corrected chi connectivity index (χ4v) is 3.06. The van der Waals surface area contributed by atoms with E-state index in [4.69, 9.17) is 0 Å². The number of para-hydroxylation sites is 1. The molecule has 0 radical (unpaired) electrons. The van der Waals surface area contributed by atoms with Gasteiger partial charge >= 0.3 is 0 Å². The van der Waals surface area contributed by atoms with Crippen molar-refractivity contribution in [3.05, 3.63) is 88.2 Å². The average molecular weight is 384 g/mol. The summed E-state index contributed by atoms with van der Waals surface area (Å²) in [5, 5.41) is 28.4. The number of nitro groups is 1. The minimum atomic E-state index is -0.484. The van der Waals surface area contributed by atoms with E-state index in [1.165, 1.54) is 12.1 Å². The number of benzene rings is 2. The van der Waals surface area contributed by atoms with E-state index in [9.17, 15) is 15.4 Å². The summed E-state index contributed by atoms with van der Waals surface area (Å²) in [4.78, 5) is 14.9. The molecule has 1 N–H and O–H groups in total. The highest BCUT2D eigenvalue weighted by Gasteiger charge is 2.11. The lowest BCUT2D eigenvalue weighted by molar-refractivity contribution is -0.384. The Kier molecular flexibility index (Phi) is 4.86. The molecule has 0 bridgehead atoms. The third-order valence-corrected chi connectivity index (χ3v) is 4.50. The molecule has 142 valence electrons. The van der Waals surface area contributed by atoms with E-state index >= 15 is 0 Å². The number of pyridine rings is 1. The number of nitro benzene ring substituents is 1. The van der Waals surface area contributed by atoms with Gasteiger partial charge in [-0.05, 0) is 36.2 Å². The van der Waals surface area contributed by atoms with Gasteiger partial charge in [0, 0.05) is 30.3 Å². The summed E-state index contributed by atoms with van der Waals surface area (Å²) >= 11 is 0. The van der Waals surface area contributed by atoms with Crippen molar-refractivity contribution >= 4 is 22.4 Å². The monoisotopic (exact) mass is 384 g/mol. The molecule has 0 saturated carbocycles. The molecule has 0 saturated heterocycles. The van der Waals surface area contributed by atoms with Crippen LogP contribution in [0.5, 0.6) is 0 Å². The molecule has 29 heavy (non-hydrogen) atoms. The number of rotatable bonds is 6. The number of hydrogen-bond acceptors (Lipinski definition) is 6. The Hall–Kier alpha value is -4.25. The Morgan fingerprint density at radius 3 is 2.76 bits per heavy atom. The predicted molar refractivity (Wildman–Crippen MR) is 109 cm³/mol. The summed E-state index contributed by atoms with van der Waals surface area (Å²) in [5.74, 6) is 0.554. The van der Waals surface area contributed by atoms with E-state index < -0.39 is 4.92 Å². The normalized spacial score (nSPS) is 10.6. The maximum atomic E-state index is 11.0. The van der Waals surface area contributed by atoms with Gasteiger partial charge in [-0.15, -0.1) is 0 Å². The maximum absolute atomic E-state index is 11.0. The van der Waals surface area contributed by atoms with E-state index in [0.717, 1.165) is 17.7 Å². The van der Waals surface area contributed by atoms with Gasteiger partial charge in [-0.2, -0.15) is 10.4 Å². The van der Waals surface area contributed by atoms with Crippen LogP contribution in [0.2, 0.25) is 0 Å². The summed E-state index contributed by atoms with van der Waals surface area (Å²) in [6.45, 7) is 0.608. The van der Waals surface area contributed by atoms with Crippen molar-refractivity contribution in [2.24, 2.45) is 0 Å². The molecular weight excluding hydrogens is 368 g/mol. The van der Waals surface area contributed by atoms with Gasteiger partial charge in [-0.3, -0.25) is 10.1 Å². The lowest BCUT2D eigenvalue weighted by Gasteiger charge is -2.07. The Labute approximate surface area is 166 Å². The van der Waals surface area contributed by atoms with E-state index in [-0.39, 0.29) is 5.69 Å². The average Bonchev–Trinajstić information content (AvgIpc) is 3.22. The SMILES string of the molecule is N#Cc1cc(NCCc2cnn(-c3ccccc3)c2)nc2ccc([N+](=O)[O-])cc12. The van der Waals surface area contributed by atoms with Crippen LogP contribution in [-0.4, -0.2) is 26.2 Å². The fraction of sp³-hybridized carbons (Fsp3) is 0.0952. The molecule has 0 aliphatic heterocycles. The van der Waals surface area contributed by atoms with Gasteiger partial charge in [-0.1, -0.05) is 18.2 Å². The molecule has 0 spiro atoms. The first-order valence-electron chi connectivity index (χ1n) is 8.96. The Morgan fingerprint density at radius 1 is 1.17 bits per heavy atom. The highest BCUT2D eigenvalue weighted by molar-refractivity contribution is 5.88. The van der Waals surface area contributed by atoms with Crippen LogP contribution < -0.4 is 5.32 Å². The molecule has 0 unspecified atom stereocenters. The zero-order valence-electron chi connectivity index (χ0n) is 15.3. The molecule has 2 aromatic heterocycles. The van der Waals surface area contributed by atoms with Gasteiger partial charge in [0.25, 0.3) is 5.69 Å². The molecule has 0 atom stereocenters. The molecule has 2 heterocycles. The first-order chi connectivity index (χ1) is 14.1. The molecule has 4 aromatic rings. The standard InChI is InChI=1S/C21H16N6O2/c22-12-16-10-21(25-20-7-6-18(27(28)29)11-19(16)20)23-9-8-15-13-24-26(14-15)17-4-2-1-3-5-17/h1-7,10-11,13-14H,8-9H2,(H,23,25). The summed E-state index contributed by atoms with van der Waals surface area (Å²) in [5.41, 5.74) is 2.88. The van der Waals surface area contributed by atoms with E-state index in [2.05, 4.69) is 21.5 Å².